The van der Waals surface area contributed by atoms with E-state index >= 15 is 0 Å². The Morgan fingerprint density at radius 1 is 1.62 bits per heavy atom. The first-order chi connectivity index (χ1) is 7.74. The highest BCUT2D eigenvalue weighted by atomic mass is 16.5. The van der Waals surface area contributed by atoms with Gasteiger partial charge in [-0.25, -0.2) is 4.98 Å². The van der Waals surface area contributed by atoms with E-state index in [1.165, 1.54) is 12.4 Å². The molecular weight excluding hydrogens is 210 g/mol. The maximum absolute atomic E-state index is 11.2. The minimum absolute atomic E-state index is 0.223. The van der Waals surface area contributed by atoms with Crippen molar-refractivity contribution in [3.8, 4) is 0 Å². The van der Waals surface area contributed by atoms with Crippen LogP contribution < -0.4 is 10.9 Å². The van der Waals surface area contributed by atoms with E-state index in [0.29, 0.717) is 26.0 Å². The molecule has 1 aromatic heterocycles. The minimum atomic E-state index is -0.265. The monoisotopic (exact) mass is 225 g/mol. The summed E-state index contributed by atoms with van der Waals surface area (Å²) in [5.74, 6) is 0.0468. The molecule has 0 fully saturated rings. The zero-order chi connectivity index (χ0) is 11.8. The lowest BCUT2D eigenvalue weighted by atomic mass is 10.3. The Bertz CT molecular complexity index is 389. The van der Waals surface area contributed by atoms with Crippen molar-refractivity contribution in [3.05, 3.63) is 22.7 Å². The third-order valence-electron chi connectivity index (χ3n) is 1.86. The van der Waals surface area contributed by atoms with Crippen LogP contribution in [-0.2, 0) is 9.53 Å². The van der Waals surface area contributed by atoms with E-state index in [2.05, 4.69) is 15.3 Å². The molecule has 0 aliphatic heterocycles. The number of aromatic nitrogens is 2. The number of nitrogens with zero attached hydrogens (tertiary/aromatic N) is 1. The minimum Gasteiger partial charge on any atom is -0.466 e. The summed E-state index contributed by atoms with van der Waals surface area (Å²) < 4.78 is 4.77. The van der Waals surface area contributed by atoms with Gasteiger partial charge in [0.15, 0.2) is 5.82 Å². The maximum Gasteiger partial charge on any atom is 0.305 e. The molecule has 0 aliphatic rings. The van der Waals surface area contributed by atoms with Gasteiger partial charge in [0.1, 0.15) is 0 Å². The highest BCUT2D eigenvalue weighted by molar-refractivity contribution is 5.69. The van der Waals surface area contributed by atoms with Gasteiger partial charge in [-0.3, -0.25) is 9.59 Å². The molecule has 2 N–H and O–H groups in total. The van der Waals surface area contributed by atoms with Crippen LogP contribution in [0.15, 0.2) is 17.2 Å². The number of H-pyrrole nitrogens is 1. The summed E-state index contributed by atoms with van der Waals surface area (Å²) in [5.41, 5.74) is -0.265. The average Bonchev–Trinajstić information content (AvgIpc) is 2.27. The highest BCUT2D eigenvalue weighted by Gasteiger charge is 2.02. The maximum atomic E-state index is 11.2. The molecule has 0 amide bonds. The molecule has 16 heavy (non-hydrogen) atoms. The summed E-state index contributed by atoms with van der Waals surface area (Å²) in [7, 11) is 0. The van der Waals surface area contributed by atoms with Crippen LogP contribution in [0.3, 0.4) is 0 Å². The van der Waals surface area contributed by atoms with Crippen molar-refractivity contribution in [2.45, 2.75) is 19.8 Å². The largest absolute Gasteiger partial charge is 0.466 e. The molecule has 0 aromatic carbocycles. The van der Waals surface area contributed by atoms with Gasteiger partial charge in [0.2, 0.25) is 0 Å². The van der Waals surface area contributed by atoms with Crippen molar-refractivity contribution >= 4 is 11.8 Å². The Morgan fingerprint density at radius 3 is 3.12 bits per heavy atom. The van der Waals surface area contributed by atoms with Crippen molar-refractivity contribution in [1.82, 2.24) is 9.97 Å². The van der Waals surface area contributed by atoms with Crippen molar-refractivity contribution < 1.29 is 9.53 Å². The molecule has 0 radical (unpaired) electrons. The van der Waals surface area contributed by atoms with Gasteiger partial charge in [0, 0.05) is 25.4 Å². The molecule has 88 valence electrons. The van der Waals surface area contributed by atoms with Gasteiger partial charge in [-0.2, -0.15) is 0 Å². The predicted molar refractivity (Wildman–Crippen MR) is 59.2 cm³/mol. The summed E-state index contributed by atoms with van der Waals surface area (Å²) in [5, 5.41) is 2.85. The molecule has 6 nitrogen and oxygen atoms in total. The molecule has 0 unspecified atom stereocenters. The lowest BCUT2D eigenvalue weighted by Gasteiger charge is -2.03. The lowest BCUT2D eigenvalue weighted by molar-refractivity contribution is -0.143. The molecule has 1 aromatic rings. The number of hydrogen-bond donors (Lipinski definition) is 2. The number of anilines is 1. The Kier molecular flexibility index (Phi) is 5.04. The first-order valence-electron chi connectivity index (χ1n) is 5.17. The first kappa shape index (κ1) is 12.2. The molecule has 0 bridgehead atoms. The molecule has 1 heterocycles. The van der Waals surface area contributed by atoms with Crippen molar-refractivity contribution in [1.29, 1.82) is 0 Å². The van der Waals surface area contributed by atoms with Gasteiger partial charge in [-0.05, 0) is 13.3 Å². The van der Waals surface area contributed by atoms with E-state index < -0.39 is 0 Å². The van der Waals surface area contributed by atoms with Crippen LogP contribution in [0.5, 0.6) is 0 Å². The van der Waals surface area contributed by atoms with E-state index in [-0.39, 0.29) is 17.3 Å². The first-order valence-corrected chi connectivity index (χ1v) is 5.17. The summed E-state index contributed by atoms with van der Waals surface area (Å²) in [6.45, 7) is 2.68. The van der Waals surface area contributed by atoms with Crippen LogP contribution in [0, 0.1) is 0 Å². The summed E-state index contributed by atoms with van der Waals surface area (Å²) in [6.07, 6.45) is 3.90. The van der Waals surface area contributed by atoms with E-state index in [1.54, 1.807) is 6.92 Å². The third kappa shape index (κ3) is 4.12. The summed E-state index contributed by atoms with van der Waals surface area (Å²) >= 11 is 0. The van der Waals surface area contributed by atoms with Gasteiger partial charge in [-0.1, -0.05) is 0 Å². The van der Waals surface area contributed by atoms with Crippen LogP contribution in [0.4, 0.5) is 5.82 Å². The fraction of sp³-hybridized carbons (Fsp3) is 0.500. The molecule has 0 aliphatic carbocycles. The predicted octanol–water partition coefficient (Wildman–Crippen LogP) is 0.525. The normalized spacial score (nSPS) is 9.81. The molecule has 0 spiro atoms. The SMILES string of the molecule is CCOC(=O)CCCNc1ncc[nH]c1=O. The second-order valence-electron chi connectivity index (χ2n) is 3.10. The number of nitrogens with one attached hydrogen (secondary N) is 2. The number of aromatic amines is 1. The Hall–Kier alpha value is -1.85. The van der Waals surface area contributed by atoms with Gasteiger partial charge in [0.25, 0.3) is 5.56 Å². The van der Waals surface area contributed by atoms with E-state index in [1.807, 2.05) is 0 Å². The molecule has 1 rings (SSSR count). The highest BCUT2D eigenvalue weighted by Crippen LogP contribution is 1.95. The van der Waals surface area contributed by atoms with E-state index in [9.17, 15) is 9.59 Å². The second-order valence-corrected chi connectivity index (χ2v) is 3.10. The average molecular weight is 225 g/mol. The topological polar surface area (TPSA) is 84.1 Å². The fourth-order valence-electron chi connectivity index (χ4n) is 1.15. The Morgan fingerprint density at radius 2 is 2.44 bits per heavy atom. The Labute approximate surface area is 93.0 Å². The van der Waals surface area contributed by atoms with Crippen molar-refractivity contribution in [2.75, 3.05) is 18.5 Å². The zero-order valence-electron chi connectivity index (χ0n) is 9.16. The van der Waals surface area contributed by atoms with Crippen LogP contribution >= 0.6 is 0 Å². The standard InChI is InChI=1S/C10H15N3O3/c1-2-16-8(14)4-3-5-11-9-10(15)13-7-6-12-9/h6-7H,2-5H2,1H3,(H,11,12)(H,13,15). The van der Waals surface area contributed by atoms with Crippen molar-refractivity contribution in [3.63, 3.8) is 0 Å². The van der Waals surface area contributed by atoms with Crippen LogP contribution in [0.2, 0.25) is 0 Å². The summed E-state index contributed by atoms with van der Waals surface area (Å²) in [4.78, 5) is 28.5. The van der Waals surface area contributed by atoms with Crippen LogP contribution in [0.25, 0.3) is 0 Å². The van der Waals surface area contributed by atoms with E-state index in [0.717, 1.165) is 0 Å². The smallest absolute Gasteiger partial charge is 0.305 e. The van der Waals surface area contributed by atoms with Gasteiger partial charge >= 0.3 is 5.97 Å². The number of rotatable bonds is 6. The third-order valence-corrected chi connectivity index (χ3v) is 1.86. The molecule has 0 saturated carbocycles. The van der Waals surface area contributed by atoms with Gasteiger partial charge in [0.05, 0.1) is 6.61 Å². The number of ether oxygens (including phenoxy) is 1. The quantitative estimate of drug-likeness (QED) is 0.545. The van der Waals surface area contributed by atoms with Crippen LogP contribution in [0.1, 0.15) is 19.8 Å². The number of hydrogen-bond acceptors (Lipinski definition) is 5. The molecular formula is C10H15N3O3. The lowest BCUT2D eigenvalue weighted by Crippen LogP contribution is -2.16. The summed E-state index contributed by atoms with van der Waals surface area (Å²) in [6, 6.07) is 0. The Balaban J connectivity index is 2.24. The zero-order valence-corrected chi connectivity index (χ0v) is 9.16. The van der Waals surface area contributed by atoms with Gasteiger partial charge < -0.3 is 15.0 Å². The number of carbonyl (C=O) groups excluding carboxylic acids is 1. The fourth-order valence-corrected chi connectivity index (χ4v) is 1.15. The van der Waals surface area contributed by atoms with Crippen molar-refractivity contribution in [2.24, 2.45) is 0 Å². The molecule has 6 heteroatoms. The number of carbonyl (C=O) groups is 1. The molecule has 0 atom stereocenters. The van der Waals surface area contributed by atoms with E-state index in [4.69, 9.17) is 4.74 Å². The number of esters is 1. The molecule has 0 saturated heterocycles. The second kappa shape index (κ2) is 6.60. The van der Waals surface area contributed by atoms with Crippen LogP contribution in [-0.4, -0.2) is 29.1 Å². The van der Waals surface area contributed by atoms with Gasteiger partial charge in [-0.15, -0.1) is 0 Å².